The number of halogens is 2. The Bertz CT molecular complexity index is 178. The zero-order valence-electron chi connectivity index (χ0n) is 5.91. The minimum absolute atomic E-state index is 1.07. The second kappa shape index (κ2) is 7.05. The average Bonchev–Trinajstić information content (AvgIpc) is 1.87. The molecular weight excluding hydrogens is 366 g/mol. The van der Waals surface area contributed by atoms with Crippen LogP contribution in [-0.4, -0.2) is 4.98 Å². The number of aryl methyl sites for hydroxylation is 1. The van der Waals surface area contributed by atoms with Crippen LogP contribution in [0.4, 0.5) is 0 Å². The summed E-state index contributed by atoms with van der Waals surface area (Å²) in [7, 11) is 9.95. The molecule has 0 spiro atoms. The molecule has 0 saturated carbocycles. The Balaban J connectivity index is 0.000000218. The van der Waals surface area contributed by atoms with Crippen LogP contribution in [0, 0.1) is 6.92 Å². The molecule has 1 aromatic heterocycles. The van der Waals surface area contributed by atoms with E-state index < -0.39 is 15.5 Å². The molecule has 1 heterocycles. The van der Waals surface area contributed by atoms with E-state index in [1.54, 1.807) is 6.20 Å². The van der Waals surface area contributed by atoms with E-state index in [2.05, 4.69) is 4.98 Å². The van der Waals surface area contributed by atoms with Gasteiger partial charge < -0.3 is 0 Å². The molecule has 0 atom stereocenters. The molecule has 1 rings (SSSR count). The fourth-order valence-corrected chi connectivity index (χ4v) is 0.448. The molecule has 0 bridgehead atoms. The van der Waals surface area contributed by atoms with Gasteiger partial charge in [0.1, 0.15) is 0 Å². The molecule has 0 fully saturated rings. The van der Waals surface area contributed by atoms with Crippen molar-refractivity contribution in [2.75, 3.05) is 0 Å². The molecular formula is C6H9Cl2N2Pt. The Kier molecular flexibility index (Phi) is 7.29. The van der Waals surface area contributed by atoms with Crippen LogP contribution in [0.2, 0.25) is 0 Å². The Hall–Kier alpha value is 0.378. The second-order valence-electron chi connectivity index (χ2n) is 1.65. The first-order valence-electron chi connectivity index (χ1n) is 2.69. The third-order valence-corrected chi connectivity index (χ3v) is 0.813. The first-order valence-corrected chi connectivity index (χ1v) is 9.63. The molecule has 0 radical (unpaired) electrons. The van der Waals surface area contributed by atoms with Crippen molar-refractivity contribution >= 4 is 18.8 Å². The van der Waals surface area contributed by atoms with Gasteiger partial charge in [-0.15, -0.1) is 0 Å². The number of nitrogens with two attached hydrogens (primary N) is 1. The van der Waals surface area contributed by atoms with Crippen molar-refractivity contribution < 1.29 is 15.5 Å². The molecule has 11 heavy (non-hydrogen) atoms. The number of nitrogens with zero attached hydrogens (tertiary/aromatic N) is 1. The molecule has 0 amide bonds. The molecule has 2 N–H and O–H groups in total. The Morgan fingerprint density at radius 3 is 2.18 bits per heavy atom. The number of rotatable bonds is 0. The summed E-state index contributed by atoms with van der Waals surface area (Å²) in [5.74, 6) is 0. The van der Waals surface area contributed by atoms with Crippen molar-refractivity contribution in [1.82, 2.24) is 4.98 Å². The quantitative estimate of drug-likeness (QED) is 0.755. The van der Waals surface area contributed by atoms with Gasteiger partial charge in [0.15, 0.2) is 0 Å². The van der Waals surface area contributed by atoms with Crippen molar-refractivity contribution in [3.63, 3.8) is 0 Å². The van der Waals surface area contributed by atoms with E-state index in [4.69, 9.17) is 23.1 Å². The summed E-state index contributed by atoms with van der Waals surface area (Å²) < 4.78 is 4.80. The molecule has 0 saturated heterocycles. The first kappa shape index (κ1) is 11.4. The third kappa shape index (κ3) is 10.4. The van der Waals surface area contributed by atoms with E-state index >= 15 is 0 Å². The maximum absolute atomic E-state index is 4.98. The topological polar surface area (TPSA) is 38.9 Å². The molecule has 0 aliphatic heterocycles. The molecule has 2 nitrogen and oxygen atoms in total. The normalized spacial score (nSPS) is 9.64. The number of hydrogen-bond acceptors (Lipinski definition) is 2. The average molecular weight is 375 g/mol. The molecule has 0 aliphatic carbocycles. The van der Waals surface area contributed by atoms with Gasteiger partial charge in [0.2, 0.25) is 0 Å². The summed E-state index contributed by atoms with van der Waals surface area (Å²) in [5, 5.41) is 0. The summed E-state index contributed by atoms with van der Waals surface area (Å²) in [5.41, 5.74) is 1.07. The van der Waals surface area contributed by atoms with Crippen LogP contribution < -0.4 is 4.29 Å². The van der Waals surface area contributed by atoms with E-state index in [1.807, 2.05) is 25.1 Å². The van der Waals surface area contributed by atoms with Crippen molar-refractivity contribution in [1.29, 1.82) is 0 Å². The minimum atomic E-state index is -1.82. The molecule has 0 aliphatic rings. The SMILES string of the molecule is Cc1ccccn1.[NH2][Pt]([Cl])[Cl]. The van der Waals surface area contributed by atoms with E-state index in [9.17, 15) is 0 Å². The standard InChI is InChI=1S/C6H7N.2ClH.H2N.Pt/c1-6-4-2-3-5-7-6;;;;/h2-5H,1H3;2*1H;1H2;/q;;;-1;+3/p-2. The van der Waals surface area contributed by atoms with Crippen LogP contribution in [0.5, 0.6) is 0 Å². The zero-order chi connectivity index (χ0) is 8.69. The van der Waals surface area contributed by atoms with Crippen LogP contribution in [0.25, 0.3) is 0 Å². The van der Waals surface area contributed by atoms with Crippen LogP contribution in [0.3, 0.4) is 0 Å². The number of hydrogen-bond donors (Lipinski definition) is 1. The molecule has 0 unspecified atom stereocenters. The van der Waals surface area contributed by atoms with E-state index in [-0.39, 0.29) is 0 Å². The fourth-order valence-electron chi connectivity index (χ4n) is 0.448. The second-order valence-corrected chi connectivity index (χ2v) is 8.19. The van der Waals surface area contributed by atoms with Crippen molar-refractivity contribution in [2.45, 2.75) is 6.92 Å². The van der Waals surface area contributed by atoms with Crippen LogP contribution >= 0.6 is 18.8 Å². The summed E-state index contributed by atoms with van der Waals surface area (Å²) in [6.07, 6.45) is 1.79. The van der Waals surface area contributed by atoms with E-state index in [0.717, 1.165) is 5.69 Å². The van der Waals surface area contributed by atoms with Crippen LogP contribution in [0.1, 0.15) is 5.69 Å². The number of pyridine rings is 1. The van der Waals surface area contributed by atoms with Gasteiger partial charge in [-0.25, -0.2) is 0 Å². The van der Waals surface area contributed by atoms with Gasteiger partial charge in [-0.05, 0) is 19.1 Å². The van der Waals surface area contributed by atoms with Gasteiger partial charge in [0, 0.05) is 11.9 Å². The maximum atomic E-state index is 4.98. The van der Waals surface area contributed by atoms with Gasteiger partial charge in [0.25, 0.3) is 0 Å². The van der Waals surface area contributed by atoms with Gasteiger partial charge in [-0.1, -0.05) is 6.07 Å². The van der Waals surface area contributed by atoms with Gasteiger partial charge in [0.05, 0.1) is 0 Å². The van der Waals surface area contributed by atoms with Gasteiger partial charge in [-0.2, -0.15) is 0 Å². The Labute approximate surface area is 80.4 Å². The Morgan fingerprint density at radius 1 is 1.45 bits per heavy atom. The van der Waals surface area contributed by atoms with E-state index in [0.29, 0.717) is 0 Å². The first-order chi connectivity index (χ1) is 5.13. The summed E-state index contributed by atoms with van der Waals surface area (Å²) >= 11 is -1.82. The molecule has 67 valence electrons. The predicted molar refractivity (Wildman–Crippen MR) is 44.9 cm³/mol. The summed E-state index contributed by atoms with van der Waals surface area (Å²) in [6, 6.07) is 5.86. The summed E-state index contributed by atoms with van der Waals surface area (Å²) in [4.78, 5) is 3.98. The van der Waals surface area contributed by atoms with Gasteiger partial charge in [-0.3, -0.25) is 4.98 Å². The van der Waals surface area contributed by atoms with Crippen LogP contribution in [-0.2, 0) is 15.5 Å². The fraction of sp³-hybridized carbons (Fsp3) is 0.167. The van der Waals surface area contributed by atoms with Gasteiger partial charge >= 0.3 is 38.6 Å². The zero-order valence-corrected chi connectivity index (χ0v) is 9.69. The monoisotopic (exact) mass is 374 g/mol. The van der Waals surface area contributed by atoms with Crippen molar-refractivity contribution in [3.8, 4) is 0 Å². The molecule has 5 heteroatoms. The van der Waals surface area contributed by atoms with Crippen molar-refractivity contribution in [2.24, 2.45) is 4.29 Å². The number of aromatic nitrogens is 1. The van der Waals surface area contributed by atoms with E-state index in [1.165, 1.54) is 0 Å². The third-order valence-electron chi connectivity index (χ3n) is 0.813. The molecule has 0 aromatic carbocycles. The Morgan fingerprint density at radius 2 is 2.00 bits per heavy atom. The molecule has 1 aromatic rings. The van der Waals surface area contributed by atoms with Crippen LogP contribution in [0.15, 0.2) is 24.4 Å². The van der Waals surface area contributed by atoms with Crippen molar-refractivity contribution in [3.05, 3.63) is 30.1 Å². The predicted octanol–water partition coefficient (Wildman–Crippen LogP) is 2.18. The summed E-state index contributed by atoms with van der Waals surface area (Å²) in [6.45, 7) is 1.97.